The normalized spacial score (nSPS) is 15.2. The lowest BCUT2D eigenvalue weighted by Gasteiger charge is -2.32. The first-order chi connectivity index (χ1) is 12.7. The number of aromatic nitrogens is 6. The Morgan fingerprint density at radius 1 is 1.19 bits per heavy atom. The van der Waals surface area contributed by atoms with Crippen molar-refractivity contribution >= 4 is 21.9 Å². The van der Waals surface area contributed by atoms with Crippen molar-refractivity contribution in [1.29, 1.82) is 0 Å². The zero-order chi connectivity index (χ0) is 17.9. The van der Waals surface area contributed by atoms with Crippen LogP contribution in [0.5, 0.6) is 5.75 Å². The number of benzene rings is 1. The highest BCUT2D eigenvalue weighted by Gasteiger charge is 2.23. The molecule has 1 aromatic carbocycles. The summed E-state index contributed by atoms with van der Waals surface area (Å²) in [6.45, 7) is 1.48. The number of ether oxygens (including phenoxy) is 1. The molecule has 8 nitrogen and oxygen atoms in total. The molecule has 0 spiro atoms. The molecule has 0 unspecified atom stereocenters. The van der Waals surface area contributed by atoms with E-state index in [1.807, 2.05) is 0 Å². The molecule has 1 saturated heterocycles. The zero-order valence-corrected chi connectivity index (χ0v) is 15.2. The molecule has 1 aliphatic rings. The summed E-state index contributed by atoms with van der Waals surface area (Å²) in [5.74, 6) is 1.03. The third kappa shape index (κ3) is 3.64. The molecule has 0 saturated carbocycles. The van der Waals surface area contributed by atoms with E-state index in [0.29, 0.717) is 17.3 Å². The summed E-state index contributed by atoms with van der Waals surface area (Å²) in [6.07, 6.45) is 4.84. The topological polar surface area (TPSA) is 92.7 Å². The second kappa shape index (κ2) is 7.32. The monoisotopic (exact) mass is 419 g/mol. The number of nitrogens with one attached hydrogen (secondary N) is 1. The summed E-state index contributed by atoms with van der Waals surface area (Å²) in [5, 5.41) is 13.7. The van der Waals surface area contributed by atoms with Crippen molar-refractivity contribution in [3.63, 3.8) is 0 Å². The van der Waals surface area contributed by atoms with Gasteiger partial charge in [0.2, 0.25) is 11.8 Å². The number of tetrazole rings is 1. The van der Waals surface area contributed by atoms with Crippen molar-refractivity contribution in [3.8, 4) is 17.1 Å². The van der Waals surface area contributed by atoms with Crippen LogP contribution in [0.1, 0.15) is 12.8 Å². The molecular weight excluding hydrogens is 405 g/mol. The molecule has 3 heterocycles. The highest BCUT2D eigenvalue weighted by Crippen LogP contribution is 2.26. The Morgan fingerprint density at radius 2 is 1.96 bits per heavy atom. The summed E-state index contributed by atoms with van der Waals surface area (Å²) < 4.78 is 20.4. The number of aromatic amines is 1. The van der Waals surface area contributed by atoms with Gasteiger partial charge in [-0.25, -0.2) is 14.4 Å². The highest BCUT2D eigenvalue weighted by molar-refractivity contribution is 9.10. The molecule has 1 fully saturated rings. The molecule has 26 heavy (non-hydrogen) atoms. The first-order valence-corrected chi connectivity index (χ1v) is 8.91. The van der Waals surface area contributed by atoms with E-state index in [1.165, 1.54) is 6.07 Å². The molecule has 134 valence electrons. The van der Waals surface area contributed by atoms with Gasteiger partial charge in [-0.2, -0.15) is 5.21 Å². The molecule has 0 bridgehead atoms. The minimum atomic E-state index is -0.351. The summed E-state index contributed by atoms with van der Waals surface area (Å²) in [7, 11) is 0. The third-order valence-electron chi connectivity index (χ3n) is 4.15. The lowest BCUT2D eigenvalue weighted by atomic mass is 10.1. The molecule has 0 atom stereocenters. The number of piperidine rings is 1. The van der Waals surface area contributed by atoms with Gasteiger partial charge in [0.15, 0.2) is 11.6 Å². The van der Waals surface area contributed by atoms with Crippen LogP contribution in [0.15, 0.2) is 35.1 Å². The SMILES string of the molecule is Fc1ccc(Br)cc1OC1CCN(c2ncc(-c3nn[nH]n3)cn2)CC1. The zero-order valence-electron chi connectivity index (χ0n) is 13.6. The predicted octanol–water partition coefficient (Wildman–Crippen LogP) is 2.61. The van der Waals surface area contributed by atoms with Gasteiger partial charge >= 0.3 is 0 Å². The molecular formula is C16H15BrFN7O. The van der Waals surface area contributed by atoms with E-state index in [0.717, 1.165) is 30.4 Å². The first kappa shape index (κ1) is 16.8. The Bertz CT molecular complexity index is 867. The maximum atomic E-state index is 13.8. The molecule has 2 aromatic heterocycles. The fourth-order valence-corrected chi connectivity index (χ4v) is 3.14. The van der Waals surface area contributed by atoms with Crippen molar-refractivity contribution in [2.45, 2.75) is 18.9 Å². The van der Waals surface area contributed by atoms with Crippen LogP contribution in [-0.2, 0) is 0 Å². The molecule has 10 heteroatoms. The summed E-state index contributed by atoms with van der Waals surface area (Å²) in [6, 6.07) is 4.70. The number of hydrogen-bond donors (Lipinski definition) is 1. The Labute approximate surface area is 156 Å². The maximum Gasteiger partial charge on any atom is 0.225 e. The van der Waals surface area contributed by atoms with Crippen molar-refractivity contribution in [2.24, 2.45) is 0 Å². The summed E-state index contributed by atoms with van der Waals surface area (Å²) in [4.78, 5) is 10.8. The minimum Gasteiger partial charge on any atom is -0.487 e. The standard InChI is InChI=1S/C16H15BrFN7O/c17-11-1-2-13(18)14(7-11)26-12-3-5-25(6-4-12)16-19-8-10(9-20-16)15-21-23-24-22-15/h1-2,7-9,12H,3-6H2,(H,21,22,23,24). The average Bonchev–Trinajstić information content (AvgIpc) is 3.20. The van der Waals surface area contributed by atoms with Crippen LogP contribution in [0.2, 0.25) is 0 Å². The van der Waals surface area contributed by atoms with Crippen LogP contribution in [0.25, 0.3) is 11.4 Å². The lowest BCUT2D eigenvalue weighted by molar-refractivity contribution is 0.163. The van der Waals surface area contributed by atoms with Gasteiger partial charge in [0.1, 0.15) is 6.10 Å². The maximum absolute atomic E-state index is 13.8. The lowest BCUT2D eigenvalue weighted by Crippen LogP contribution is -2.39. The van der Waals surface area contributed by atoms with E-state index in [1.54, 1.807) is 24.5 Å². The van der Waals surface area contributed by atoms with Crippen LogP contribution in [-0.4, -0.2) is 49.8 Å². The Morgan fingerprint density at radius 3 is 2.65 bits per heavy atom. The molecule has 0 radical (unpaired) electrons. The highest BCUT2D eigenvalue weighted by atomic mass is 79.9. The second-order valence-electron chi connectivity index (χ2n) is 5.89. The van der Waals surface area contributed by atoms with Crippen LogP contribution in [0.4, 0.5) is 10.3 Å². The fraction of sp³-hybridized carbons (Fsp3) is 0.312. The molecule has 1 N–H and O–H groups in total. The Balaban J connectivity index is 1.37. The summed E-state index contributed by atoms with van der Waals surface area (Å²) in [5.41, 5.74) is 0.700. The van der Waals surface area contributed by atoms with Gasteiger partial charge in [-0.15, -0.1) is 10.2 Å². The van der Waals surface area contributed by atoms with E-state index in [4.69, 9.17) is 4.74 Å². The summed E-state index contributed by atoms with van der Waals surface area (Å²) >= 11 is 3.34. The van der Waals surface area contributed by atoms with E-state index in [9.17, 15) is 4.39 Å². The second-order valence-corrected chi connectivity index (χ2v) is 6.80. The molecule has 1 aliphatic heterocycles. The third-order valence-corrected chi connectivity index (χ3v) is 4.65. The van der Waals surface area contributed by atoms with Crippen molar-refractivity contribution in [1.82, 2.24) is 30.6 Å². The Kier molecular flexibility index (Phi) is 4.74. The van der Waals surface area contributed by atoms with E-state index in [-0.39, 0.29) is 17.7 Å². The van der Waals surface area contributed by atoms with E-state index < -0.39 is 0 Å². The number of anilines is 1. The van der Waals surface area contributed by atoms with E-state index >= 15 is 0 Å². The van der Waals surface area contributed by atoms with Crippen LogP contribution >= 0.6 is 15.9 Å². The first-order valence-electron chi connectivity index (χ1n) is 8.11. The number of H-pyrrole nitrogens is 1. The van der Waals surface area contributed by atoms with Gasteiger partial charge in [-0.05, 0) is 23.4 Å². The van der Waals surface area contributed by atoms with Gasteiger partial charge in [-0.1, -0.05) is 15.9 Å². The molecule has 0 aliphatic carbocycles. The number of halogens is 2. The van der Waals surface area contributed by atoms with Crippen LogP contribution < -0.4 is 9.64 Å². The van der Waals surface area contributed by atoms with Gasteiger partial charge in [0, 0.05) is 42.8 Å². The quantitative estimate of drug-likeness (QED) is 0.694. The number of nitrogens with zero attached hydrogens (tertiary/aromatic N) is 6. The van der Waals surface area contributed by atoms with Crippen molar-refractivity contribution in [2.75, 3.05) is 18.0 Å². The molecule has 4 rings (SSSR count). The van der Waals surface area contributed by atoms with Gasteiger partial charge in [-0.3, -0.25) is 0 Å². The predicted molar refractivity (Wildman–Crippen MR) is 95.2 cm³/mol. The van der Waals surface area contributed by atoms with Gasteiger partial charge in [0.05, 0.1) is 5.56 Å². The molecule has 3 aromatic rings. The largest absolute Gasteiger partial charge is 0.487 e. The smallest absolute Gasteiger partial charge is 0.225 e. The Hall–Kier alpha value is -2.62. The number of rotatable bonds is 4. The van der Waals surface area contributed by atoms with Crippen LogP contribution in [0, 0.1) is 5.82 Å². The van der Waals surface area contributed by atoms with Crippen molar-refractivity contribution in [3.05, 3.63) is 40.9 Å². The average molecular weight is 420 g/mol. The van der Waals surface area contributed by atoms with Gasteiger partial charge in [0.25, 0.3) is 0 Å². The van der Waals surface area contributed by atoms with E-state index in [2.05, 4.69) is 51.4 Å². The van der Waals surface area contributed by atoms with Crippen LogP contribution in [0.3, 0.4) is 0 Å². The fourth-order valence-electron chi connectivity index (χ4n) is 2.80. The minimum absolute atomic E-state index is 0.0337. The molecule has 0 amide bonds. The van der Waals surface area contributed by atoms with Crippen molar-refractivity contribution < 1.29 is 9.13 Å². The number of hydrogen-bond acceptors (Lipinski definition) is 7. The van der Waals surface area contributed by atoms with Gasteiger partial charge < -0.3 is 9.64 Å².